The summed E-state index contributed by atoms with van der Waals surface area (Å²) in [7, 11) is 4.09. The van der Waals surface area contributed by atoms with E-state index in [1.165, 1.54) is 11.3 Å². The molecule has 0 fully saturated rings. The molecule has 1 aliphatic heterocycles. The highest BCUT2D eigenvalue weighted by Crippen LogP contribution is 2.40. The van der Waals surface area contributed by atoms with Crippen molar-refractivity contribution in [1.29, 1.82) is 0 Å². The van der Waals surface area contributed by atoms with Gasteiger partial charge in [0, 0.05) is 18.7 Å². The molecule has 0 aliphatic carbocycles. The predicted octanol–water partition coefficient (Wildman–Crippen LogP) is 4.71. The molecule has 2 heterocycles. The Morgan fingerprint density at radius 1 is 1.03 bits per heavy atom. The van der Waals surface area contributed by atoms with Crippen molar-refractivity contribution in [3.8, 4) is 11.5 Å². The third-order valence-electron chi connectivity index (χ3n) is 5.61. The van der Waals surface area contributed by atoms with Crippen LogP contribution < -0.4 is 14.4 Å². The Morgan fingerprint density at radius 2 is 1.81 bits per heavy atom. The summed E-state index contributed by atoms with van der Waals surface area (Å²) in [6.07, 6.45) is 1.20. The number of amides is 1. The summed E-state index contributed by atoms with van der Waals surface area (Å²) in [6.45, 7) is 1.76. The van der Waals surface area contributed by atoms with Crippen molar-refractivity contribution in [3.63, 3.8) is 0 Å². The maximum absolute atomic E-state index is 13.5. The fourth-order valence-corrected chi connectivity index (χ4v) is 5.02. The lowest BCUT2D eigenvalue weighted by Crippen LogP contribution is -2.34. The first-order valence-corrected chi connectivity index (χ1v) is 11.5. The maximum atomic E-state index is 13.5. The van der Waals surface area contributed by atoms with Crippen LogP contribution in [0.3, 0.4) is 0 Å². The van der Waals surface area contributed by atoms with Crippen LogP contribution in [0.4, 0.5) is 5.13 Å². The molecule has 0 atom stereocenters. The highest BCUT2D eigenvalue weighted by molar-refractivity contribution is 7.22. The summed E-state index contributed by atoms with van der Waals surface area (Å²) in [4.78, 5) is 22.3. The molecule has 164 valence electrons. The highest BCUT2D eigenvalue weighted by Gasteiger charge is 2.23. The van der Waals surface area contributed by atoms with E-state index in [1.807, 2.05) is 55.4 Å². The zero-order valence-electron chi connectivity index (χ0n) is 18.2. The number of benzene rings is 3. The molecule has 0 bridgehead atoms. The van der Waals surface area contributed by atoms with E-state index in [2.05, 4.69) is 23.1 Å². The number of rotatable bonds is 7. The van der Waals surface area contributed by atoms with Gasteiger partial charge in [0.25, 0.3) is 0 Å². The van der Waals surface area contributed by atoms with Gasteiger partial charge >= 0.3 is 0 Å². The topological polar surface area (TPSA) is 54.9 Å². The molecule has 0 radical (unpaired) electrons. The Hall–Kier alpha value is -3.16. The molecule has 4 aromatic rings. The minimum absolute atomic E-state index is 0.0548. The molecule has 0 unspecified atom stereocenters. The van der Waals surface area contributed by atoms with Crippen molar-refractivity contribution < 1.29 is 14.3 Å². The molecule has 3 aromatic carbocycles. The van der Waals surface area contributed by atoms with Gasteiger partial charge in [-0.1, -0.05) is 53.8 Å². The van der Waals surface area contributed by atoms with Gasteiger partial charge < -0.3 is 14.4 Å². The Labute approximate surface area is 191 Å². The normalized spacial score (nSPS) is 12.7. The molecule has 32 heavy (non-hydrogen) atoms. The van der Waals surface area contributed by atoms with E-state index in [9.17, 15) is 4.79 Å². The summed E-state index contributed by atoms with van der Waals surface area (Å²) in [5.41, 5.74) is 1.86. The largest absolute Gasteiger partial charge is 0.454 e. The van der Waals surface area contributed by atoms with Crippen LogP contribution in [-0.4, -0.2) is 49.8 Å². The van der Waals surface area contributed by atoms with Gasteiger partial charge in [-0.05, 0) is 43.4 Å². The van der Waals surface area contributed by atoms with E-state index in [4.69, 9.17) is 14.5 Å². The van der Waals surface area contributed by atoms with Crippen molar-refractivity contribution in [2.45, 2.75) is 12.8 Å². The van der Waals surface area contributed by atoms with E-state index in [-0.39, 0.29) is 12.7 Å². The monoisotopic (exact) mass is 447 g/mol. The van der Waals surface area contributed by atoms with Crippen LogP contribution >= 0.6 is 11.3 Å². The summed E-state index contributed by atoms with van der Waals surface area (Å²) in [5, 5.41) is 2.98. The minimum Gasteiger partial charge on any atom is -0.454 e. The Bertz CT molecular complexity index is 1240. The second-order valence-electron chi connectivity index (χ2n) is 8.19. The number of carbonyl (C=O) groups is 1. The first-order chi connectivity index (χ1) is 15.6. The SMILES string of the molecule is CN(C)CCCN(C(=O)Cc1cccc2ccccc12)c1nc2cc3c(cc2s1)OCO3. The summed E-state index contributed by atoms with van der Waals surface area (Å²) in [5.74, 6) is 1.49. The van der Waals surface area contributed by atoms with Gasteiger partial charge in [0.2, 0.25) is 12.7 Å². The van der Waals surface area contributed by atoms with Crippen LogP contribution in [0.5, 0.6) is 11.5 Å². The molecule has 0 spiro atoms. The van der Waals surface area contributed by atoms with Crippen LogP contribution in [0.1, 0.15) is 12.0 Å². The molecule has 1 aromatic heterocycles. The van der Waals surface area contributed by atoms with Gasteiger partial charge in [-0.3, -0.25) is 9.69 Å². The molecule has 7 heteroatoms. The molecular weight excluding hydrogens is 422 g/mol. The van der Waals surface area contributed by atoms with Crippen molar-refractivity contribution in [3.05, 3.63) is 60.2 Å². The number of fused-ring (bicyclic) bond motifs is 3. The van der Waals surface area contributed by atoms with Crippen LogP contribution in [-0.2, 0) is 11.2 Å². The van der Waals surface area contributed by atoms with Crippen molar-refractivity contribution in [1.82, 2.24) is 9.88 Å². The molecule has 5 rings (SSSR count). The van der Waals surface area contributed by atoms with Gasteiger partial charge in [0.15, 0.2) is 16.6 Å². The van der Waals surface area contributed by atoms with Crippen molar-refractivity contribution in [2.75, 3.05) is 38.9 Å². The molecule has 1 amide bonds. The quantitative estimate of drug-likeness (QED) is 0.411. The van der Waals surface area contributed by atoms with E-state index in [1.54, 1.807) is 0 Å². The van der Waals surface area contributed by atoms with Crippen LogP contribution in [0.15, 0.2) is 54.6 Å². The van der Waals surface area contributed by atoms with E-state index in [0.717, 1.165) is 45.3 Å². The van der Waals surface area contributed by atoms with E-state index < -0.39 is 0 Å². The van der Waals surface area contributed by atoms with Crippen LogP contribution in [0.25, 0.3) is 21.0 Å². The standard InChI is InChI=1S/C25H25N3O3S/c1-27(2)11-6-12-28(24(29)13-18-9-5-8-17-7-3-4-10-19(17)18)25-26-20-14-21-22(31-16-30-21)15-23(20)32-25/h3-5,7-10,14-15H,6,11-13,16H2,1-2H3. The lowest BCUT2D eigenvalue weighted by atomic mass is 10.0. The summed E-state index contributed by atoms with van der Waals surface area (Å²) < 4.78 is 12.0. The Morgan fingerprint density at radius 3 is 2.66 bits per heavy atom. The van der Waals surface area contributed by atoms with Gasteiger partial charge in [-0.2, -0.15) is 0 Å². The zero-order valence-corrected chi connectivity index (χ0v) is 19.0. The van der Waals surface area contributed by atoms with Gasteiger partial charge in [-0.15, -0.1) is 0 Å². The number of aromatic nitrogens is 1. The fourth-order valence-electron chi connectivity index (χ4n) is 4.00. The maximum Gasteiger partial charge on any atom is 0.233 e. The molecule has 1 aliphatic rings. The Balaban J connectivity index is 1.46. The highest BCUT2D eigenvalue weighted by atomic mass is 32.1. The molecular formula is C25H25N3O3S. The lowest BCUT2D eigenvalue weighted by molar-refractivity contribution is -0.118. The zero-order chi connectivity index (χ0) is 22.1. The first-order valence-electron chi connectivity index (χ1n) is 10.7. The summed E-state index contributed by atoms with van der Waals surface area (Å²) in [6, 6.07) is 18.2. The number of hydrogen-bond acceptors (Lipinski definition) is 6. The third-order valence-corrected chi connectivity index (χ3v) is 6.65. The van der Waals surface area contributed by atoms with Crippen LogP contribution in [0, 0.1) is 0 Å². The van der Waals surface area contributed by atoms with E-state index >= 15 is 0 Å². The van der Waals surface area contributed by atoms with Gasteiger partial charge in [0.1, 0.15) is 0 Å². The van der Waals surface area contributed by atoms with Crippen LogP contribution in [0.2, 0.25) is 0 Å². The lowest BCUT2D eigenvalue weighted by Gasteiger charge is -2.21. The molecule has 0 N–H and O–H groups in total. The average Bonchev–Trinajstić information content (AvgIpc) is 3.40. The number of carbonyl (C=O) groups excluding carboxylic acids is 1. The fraction of sp³-hybridized carbons (Fsp3) is 0.280. The number of ether oxygens (including phenoxy) is 2. The molecule has 6 nitrogen and oxygen atoms in total. The number of hydrogen-bond donors (Lipinski definition) is 0. The second kappa shape index (κ2) is 8.76. The van der Waals surface area contributed by atoms with Crippen molar-refractivity contribution >= 4 is 43.4 Å². The second-order valence-corrected chi connectivity index (χ2v) is 9.20. The van der Waals surface area contributed by atoms with Crippen molar-refractivity contribution in [2.24, 2.45) is 0 Å². The molecule has 0 saturated carbocycles. The smallest absolute Gasteiger partial charge is 0.233 e. The van der Waals surface area contributed by atoms with E-state index in [0.29, 0.717) is 23.8 Å². The summed E-state index contributed by atoms with van der Waals surface area (Å²) >= 11 is 1.52. The molecule has 0 saturated heterocycles. The average molecular weight is 448 g/mol. The van der Waals surface area contributed by atoms with Gasteiger partial charge in [-0.25, -0.2) is 4.98 Å². The Kier molecular flexibility index (Phi) is 5.68. The first kappa shape index (κ1) is 20.7. The third kappa shape index (κ3) is 4.13. The number of anilines is 1. The van der Waals surface area contributed by atoms with Gasteiger partial charge in [0.05, 0.1) is 16.6 Å². The number of nitrogens with zero attached hydrogens (tertiary/aromatic N) is 3. The predicted molar refractivity (Wildman–Crippen MR) is 129 cm³/mol. The minimum atomic E-state index is 0.0548. The number of thiazole rings is 1.